The molecule has 0 fully saturated rings. The van der Waals surface area contributed by atoms with Gasteiger partial charge in [0.1, 0.15) is 6.04 Å². The molecule has 1 aromatic rings. The molecule has 16 heavy (non-hydrogen) atoms. The zero-order chi connectivity index (χ0) is 11.9. The topological polar surface area (TPSA) is 89.8 Å². The number of nitrogens with one attached hydrogen (secondary N) is 1. The third-order valence-corrected chi connectivity index (χ3v) is 2.88. The van der Waals surface area contributed by atoms with Gasteiger partial charge in [0.05, 0.1) is 0 Å². The highest BCUT2D eigenvalue weighted by atomic mass is 16.4. The van der Waals surface area contributed by atoms with E-state index in [9.17, 15) is 15.0 Å². The summed E-state index contributed by atoms with van der Waals surface area (Å²) in [7, 11) is 0. The van der Waals surface area contributed by atoms with E-state index in [4.69, 9.17) is 5.11 Å². The number of phenols is 2. The summed E-state index contributed by atoms with van der Waals surface area (Å²) < 4.78 is 0. The maximum absolute atomic E-state index is 10.9. The first-order chi connectivity index (χ1) is 7.49. The Morgan fingerprint density at radius 1 is 1.38 bits per heavy atom. The molecule has 2 atom stereocenters. The Morgan fingerprint density at radius 3 is 2.62 bits per heavy atom. The average Bonchev–Trinajstić information content (AvgIpc) is 2.20. The van der Waals surface area contributed by atoms with Crippen LogP contribution in [0.4, 0.5) is 0 Å². The summed E-state index contributed by atoms with van der Waals surface area (Å²) in [6, 6.07) is 2.10. The van der Waals surface area contributed by atoms with Crippen molar-refractivity contribution in [3.05, 3.63) is 23.3 Å². The predicted molar refractivity (Wildman–Crippen MR) is 56.5 cm³/mol. The van der Waals surface area contributed by atoms with Gasteiger partial charge in [-0.3, -0.25) is 10.1 Å². The minimum Gasteiger partial charge on any atom is -0.504 e. The lowest BCUT2D eigenvalue weighted by Crippen LogP contribution is -2.43. The number of hydrogen-bond donors (Lipinski definition) is 4. The van der Waals surface area contributed by atoms with Crippen LogP contribution in [0.1, 0.15) is 24.1 Å². The van der Waals surface area contributed by atoms with Crippen LogP contribution in [0.2, 0.25) is 0 Å². The van der Waals surface area contributed by atoms with Crippen LogP contribution in [0.3, 0.4) is 0 Å². The molecule has 0 aliphatic carbocycles. The van der Waals surface area contributed by atoms with Gasteiger partial charge in [0.25, 0.3) is 0 Å². The van der Waals surface area contributed by atoms with Crippen LogP contribution >= 0.6 is 0 Å². The number of carboxylic acid groups (broad SMARTS) is 1. The van der Waals surface area contributed by atoms with E-state index in [0.717, 1.165) is 11.1 Å². The molecule has 4 N–H and O–H groups in total. The molecule has 1 heterocycles. The lowest BCUT2D eigenvalue weighted by Gasteiger charge is -2.29. The monoisotopic (exact) mass is 223 g/mol. The third-order valence-electron chi connectivity index (χ3n) is 2.88. The number of fused-ring (bicyclic) bond motifs is 1. The van der Waals surface area contributed by atoms with Gasteiger partial charge in [-0.05, 0) is 36.6 Å². The van der Waals surface area contributed by atoms with Crippen molar-refractivity contribution < 1.29 is 20.1 Å². The van der Waals surface area contributed by atoms with E-state index in [2.05, 4.69) is 5.32 Å². The summed E-state index contributed by atoms with van der Waals surface area (Å²) in [5, 5.41) is 30.6. The van der Waals surface area contributed by atoms with Crippen molar-refractivity contribution in [1.82, 2.24) is 5.32 Å². The van der Waals surface area contributed by atoms with Crippen LogP contribution in [0.25, 0.3) is 0 Å². The molecule has 1 aliphatic heterocycles. The van der Waals surface area contributed by atoms with Gasteiger partial charge in [0.2, 0.25) is 0 Å². The fraction of sp³-hybridized carbons (Fsp3) is 0.364. The van der Waals surface area contributed by atoms with Gasteiger partial charge >= 0.3 is 5.97 Å². The summed E-state index contributed by atoms with van der Waals surface area (Å²) in [5.74, 6) is -1.30. The fourth-order valence-electron chi connectivity index (χ4n) is 2.05. The van der Waals surface area contributed by atoms with Crippen LogP contribution < -0.4 is 5.32 Å². The van der Waals surface area contributed by atoms with Gasteiger partial charge in [-0.1, -0.05) is 0 Å². The standard InChI is InChI=1S/C11H13NO4/c1-5-7-4-10(14)9(13)3-6(7)2-8(12-5)11(15)16/h3-5,8,12-14H,2H2,1H3,(H,15,16)/t5?,8-/m1/s1. The largest absolute Gasteiger partial charge is 0.504 e. The molecule has 0 bridgehead atoms. The average molecular weight is 223 g/mol. The highest BCUT2D eigenvalue weighted by molar-refractivity contribution is 5.74. The molecular weight excluding hydrogens is 210 g/mol. The molecule has 86 valence electrons. The molecule has 0 spiro atoms. The second kappa shape index (κ2) is 3.68. The maximum atomic E-state index is 10.9. The van der Waals surface area contributed by atoms with Crippen molar-refractivity contribution in [1.29, 1.82) is 0 Å². The lowest BCUT2D eigenvalue weighted by molar-refractivity contribution is -0.139. The Morgan fingerprint density at radius 2 is 2.00 bits per heavy atom. The molecule has 0 saturated carbocycles. The van der Waals surface area contributed by atoms with E-state index in [0.29, 0.717) is 6.42 Å². The van der Waals surface area contributed by atoms with E-state index in [1.807, 2.05) is 6.92 Å². The van der Waals surface area contributed by atoms with Crippen molar-refractivity contribution >= 4 is 5.97 Å². The summed E-state index contributed by atoms with van der Waals surface area (Å²) in [6.45, 7) is 1.82. The van der Waals surface area contributed by atoms with Crippen LogP contribution in [0.15, 0.2) is 12.1 Å². The SMILES string of the molecule is CC1N[C@@H](C(=O)O)Cc2cc(O)c(O)cc21. The molecule has 0 saturated heterocycles. The van der Waals surface area contributed by atoms with Crippen molar-refractivity contribution in [3.8, 4) is 11.5 Å². The summed E-state index contributed by atoms with van der Waals surface area (Å²) in [4.78, 5) is 10.9. The number of hydrogen-bond acceptors (Lipinski definition) is 4. The Balaban J connectivity index is 2.42. The highest BCUT2D eigenvalue weighted by Gasteiger charge is 2.28. The number of aromatic hydroxyl groups is 2. The number of carboxylic acids is 1. The van der Waals surface area contributed by atoms with Gasteiger partial charge in [0, 0.05) is 6.04 Å². The summed E-state index contributed by atoms with van der Waals surface area (Å²) >= 11 is 0. The zero-order valence-electron chi connectivity index (χ0n) is 8.77. The van der Waals surface area contributed by atoms with E-state index < -0.39 is 12.0 Å². The Labute approximate surface area is 92.3 Å². The van der Waals surface area contributed by atoms with Gasteiger partial charge < -0.3 is 15.3 Å². The minimum atomic E-state index is -0.912. The number of rotatable bonds is 1. The Bertz CT molecular complexity index is 444. The normalized spacial score (nSPS) is 23.8. The molecule has 2 rings (SSSR count). The Kier molecular flexibility index (Phi) is 2.47. The van der Waals surface area contributed by atoms with E-state index >= 15 is 0 Å². The van der Waals surface area contributed by atoms with Crippen LogP contribution in [-0.4, -0.2) is 27.3 Å². The minimum absolute atomic E-state index is 0.156. The summed E-state index contributed by atoms with van der Waals surface area (Å²) in [6.07, 6.45) is 0.308. The van der Waals surface area contributed by atoms with Crippen molar-refractivity contribution in [3.63, 3.8) is 0 Å². The smallest absolute Gasteiger partial charge is 0.321 e. The molecule has 5 nitrogen and oxygen atoms in total. The first-order valence-electron chi connectivity index (χ1n) is 5.02. The number of phenolic OH excluding ortho intramolecular Hbond substituents is 2. The second-order valence-electron chi connectivity index (χ2n) is 4.02. The molecular formula is C11H13NO4. The number of aliphatic carboxylic acids is 1. The highest BCUT2D eigenvalue weighted by Crippen LogP contribution is 2.34. The van der Waals surface area contributed by atoms with E-state index in [1.54, 1.807) is 0 Å². The van der Waals surface area contributed by atoms with Gasteiger partial charge in [-0.15, -0.1) is 0 Å². The van der Waals surface area contributed by atoms with Crippen LogP contribution in [0, 0.1) is 0 Å². The molecule has 5 heteroatoms. The second-order valence-corrected chi connectivity index (χ2v) is 4.02. The predicted octanol–water partition coefficient (Wildman–Crippen LogP) is 0.758. The molecule has 0 radical (unpaired) electrons. The number of benzene rings is 1. The number of carbonyl (C=O) groups is 1. The van der Waals surface area contributed by atoms with Crippen molar-refractivity contribution in [2.75, 3.05) is 0 Å². The third kappa shape index (κ3) is 1.69. The van der Waals surface area contributed by atoms with E-state index in [-0.39, 0.29) is 17.5 Å². The maximum Gasteiger partial charge on any atom is 0.321 e. The van der Waals surface area contributed by atoms with Crippen molar-refractivity contribution in [2.45, 2.75) is 25.4 Å². The van der Waals surface area contributed by atoms with Crippen LogP contribution in [-0.2, 0) is 11.2 Å². The van der Waals surface area contributed by atoms with E-state index in [1.165, 1.54) is 12.1 Å². The van der Waals surface area contributed by atoms with Gasteiger partial charge in [-0.25, -0.2) is 0 Å². The summed E-state index contributed by atoms with van der Waals surface area (Å²) in [5.41, 5.74) is 1.58. The fourth-order valence-corrected chi connectivity index (χ4v) is 2.05. The van der Waals surface area contributed by atoms with Crippen LogP contribution in [0.5, 0.6) is 11.5 Å². The van der Waals surface area contributed by atoms with Gasteiger partial charge in [-0.2, -0.15) is 0 Å². The first-order valence-corrected chi connectivity index (χ1v) is 5.02. The van der Waals surface area contributed by atoms with Crippen molar-refractivity contribution in [2.24, 2.45) is 0 Å². The quantitative estimate of drug-likeness (QED) is 0.528. The molecule has 0 amide bonds. The van der Waals surface area contributed by atoms with Gasteiger partial charge in [0.15, 0.2) is 11.5 Å². The first kappa shape index (κ1) is 10.8. The molecule has 0 aromatic heterocycles. The molecule has 1 aromatic carbocycles. The molecule has 1 aliphatic rings. The molecule has 1 unspecified atom stereocenters. The lowest BCUT2D eigenvalue weighted by atomic mass is 9.90. The Hall–Kier alpha value is -1.75. The zero-order valence-corrected chi connectivity index (χ0v) is 8.77.